The Kier molecular flexibility index (Phi) is 9.70. The zero-order valence-electron chi connectivity index (χ0n) is 21.5. The van der Waals surface area contributed by atoms with Crippen LogP contribution in [0, 0.1) is 29.2 Å². The summed E-state index contributed by atoms with van der Waals surface area (Å²) < 4.78 is 121. The fourth-order valence-electron chi connectivity index (χ4n) is 4.15. The van der Waals surface area contributed by atoms with Crippen molar-refractivity contribution >= 4 is 0 Å². The largest absolute Gasteiger partial charge is 0.432 e. The molecule has 0 N–H and O–H groups in total. The first-order chi connectivity index (χ1) is 19.1. The van der Waals surface area contributed by atoms with E-state index in [9.17, 15) is 30.7 Å². The number of hydrogen-bond donors (Lipinski definition) is 0. The van der Waals surface area contributed by atoms with Crippen LogP contribution in [0.4, 0.5) is 30.7 Å². The summed E-state index contributed by atoms with van der Waals surface area (Å²) in [5.41, 5.74) is -2.41. The second-order valence-corrected chi connectivity index (χ2v) is 9.35. The van der Waals surface area contributed by atoms with Crippen LogP contribution in [0.1, 0.15) is 42.7 Å². The topological polar surface area (TPSA) is 36.9 Å². The van der Waals surface area contributed by atoms with Crippen molar-refractivity contribution in [2.24, 2.45) is 5.92 Å². The van der Waals surface area contributed by atoms with Crippen LogP contribution in [0.2, 0.25) is 0 Å². The van der Waals surface area contributed by atoms with Crippen molar-refractivity contribution in [2.45, 2.75) is 38.8 Å². The Morgan fingerprint density at radius 1 is 0.875 bits per heavy atom. The second kappa shape index (κ2) is 13.0. The highest BCUT2D eigenvalue weighted by Crippen LogP contribution is 2.38. The molecule has 0 spiro atoms. The molecule has 1 saturated heterocycles. The molecule has 0 aliphatic carbocycles. The van der Waals surface area contributed by atoms with E-state index in [1.807, 2.05) is 0 Å². The number of halogens is 7. The zero-order valence-corrected chi connectivity index (χ0v) is 21.5. The molecule has 216 valence electrons. The van der Waals surface area contributed by atoms with Gasteiger partial charge in [0, 0.05) is 35.3 Å². The summed E-state index contributed by atoms with van der Waals surface area (Å²) in [4.78, 5) is 0. The number of unbranched alkanes of at least 4 members (excludes halogenated alkanes) is 1. The minimum Gasteiger partial charge on any atom is -0.429 e. The average molecular weight is 573 g/mol. The molecule has 0 radical (unpaired) electrons. The van der Waals surface area contributed by atoms with Gasteiger partial charge in [0.25, 0.3) is 0 Å². The van der Waals surface area contributed by atoms with Crippen LogP contribution in [0.15, 0.2) is 48.5 Å². The molecule has 0 atom stereocenters. The van der Waals surface area contributed by atoms with E-state index >= 15 is 0 Å². The third-order valence-corrected chi connectivity index (χ3v) is 6.29. The number of ether oxygens (including phenoxy) is 4. The summed E-state index contributed by atoms with van der Waals surface area (Å²) in [6.07, 6.45) is -3.45. The van der Waals surface area contributed by atoms with Crippen molar-refractivity contribution in [3.8, 4) is 16.9 Å². The van der Waals surface area contributed by atoms with Crippen LogP contribution in [0.25, 0.3) is 11.1 Å². The lowest BCUT2D eigenvalue weighted by Gasteiger charge is -2.29. The highest BCUT2D eigenvalue weighted by atomic mass is 19.3. The van der Waals surface area contributed by atoms with Gasteiger partial charge < -0.3 is 18.9 Å². The smallest absolute Gasteiger partial charge is 0.429 e. The van der Waals surface area contributed by atoms with E-state index in [-0.39, 0.29) is 17.0 Å². The number of benzene rings is 3. The maximum absolute atomic E-state index is 15.0. The van der Waals surface area contributed by atoms with E-state index in [4.69, 9.17) is 14.2 Å². The summed E-state index contributed by atoms with van der Waals surface area (Å²) in [5, 5.41) is 0. The molecule has 1 heterocycles. The lowest BCUT2D eigenvalue weighted by atomic mass is 10.00. The molecule has 1 aliphatic rings. The monoisotopic (exact) mass is 572 g/mol. The molecular formula is C29H27F7O4. The fraction of sp³-hybridized carbons (Fsp3) is 0.379. The van der Waals surface area contributed by atoms with Gasteiger partial charge in [-0.15, -0.1) is 0 Å². The lowest BCUT2D eigenvalue weighted by molar-refractivity contribution is -0.212. The highest BCUT2D eigenvalue weighted by Gasteiger charge is 2.41. The van der Waals surface area contributed by atoms with Crippen LogP contribution >= 0.6 is 0 Å². The Hall–Kier alpha value is -3.15. The maximum atomic E-state index is 15.0. The minimum atomic E-state index is -4.56. The normalized spacial score (nSPS) is 17.7. The first-order valence-electron chi connectivity index (χ1n) is 12.6. The van der Waals surface area contributed by atoms with Crippen molar-refractivity contribution in [3.05, 3.63) is 88.5 Å². The first-order valence-corrected chi connectivity index (χ1v) is 12.6. The van der Waals surface area contributed by atoms with Gasteiger partial charge in [-0.25, -0.2) is 22.0 Å². The minimum absolute atomic E-state index is 0.0253. The van der Waals surface area contributed by atoms with Gasteiger partial charge in [0.05, 0.1) is 19.8 Å². The summed E-state index contributed by atoms with van der Waals surface area (Å²) in [5.74, 6) is -6.21. The average Bonchev–Trinajstić information content (AvgIpc) is 2.90. The van der Waals surface area contributed by atoms with Crippen LogP contribution in [-0.4, -0.2) is 26.4 Å². The van der Waals surface area contributed by atoms with Gasteiger partial charge in [-0.05, 0) is 42.3 Å². The van der Waals surface area contributed by atoms with E-state index < -0.39 is 59.2 Å². The first kappa shape index (κ1) is 29.8. The molecule has 0 saturated carbocycles. The summed E-state index contributed by atoms with van der Waals surface area (Å²) >= 11 is 0. The van der Waals surface area contributed by atoms with Crippen molar-refractivity contribution < 1.29 is 49.7 Å². The van der Waals surface area contributed by atoms with E-state index in [2.05, 4.69) is 11.7 Å². The molecule has 1 aliphatic heterocycles. The Morgan fingerprint density at radius 3 is 2.17 bits per heavy atom. The van der Waals surface area contributed by atoms with Crippen molar-refractivity contribution in [3.63, 3.8) is 0 Å². The third-order valence-electron chi connectivity index (χ3n) is 6.29. The fourth-order valence-corrected chi connectivity index (χ4v) is 4.15. The predicted molar refractivity (Wildman–Crippen MR) is 131 cm³/mol. The second-order valence-electron chi connectivity index (χ2n) is 9.35. The number of rotatable bonds is 11. The molecule has 4 rings (SSSR count). The molecule has 40 heavy (non-hydrogen) atoms. The lowest BCUT2D eigenvalue weighted by Crippen LogP contribution is -2.30. The SMILES string of the molecule is CCCCOCC1COC(c2ccc(-c3cc(F)c(C(F)(F)Oc4ccc(CF)c(F)c4)c(F)c3)c(F)c2)OC1. The van der Waals surface area contributed by atoms with Crippen molar-refractivity contribution in [2.75, 3.05) is 26.4 Å². The molecule has 4 nitrogen and oxygen atoms in total. The summed E-state index contributed by atoms with van der Waals surface area (Å²) in [6, 6.07) is 7.02. The van der Waals surface area contributed by atoms with Gasteiger partial charge >= 0.3 is 6.11 Å². The molecule has 0 aromatic heterocycles. The summed E-state index contributed by atoms with van der Waals surface area (Å²) in [6.45, 7) is 2.66. The van der Waals surface area contributed by atoms with Crippen molar-refractivity contribution in [1.82, 2.24) is 0 Å². The van der Waals surface area contributed by atoms with Gasteiger partial charge in [-0.2, -0.15) is 8.78 Å². The predicted octanol–water partition coefficient (Wildman–Crippen LogP) is 7.99. The Labute approximate surface area is 226 Å². The Morgan fingerprint density at radius 2 is 1.57 bits per heavy atom. The Bertz CT molecular complexity index is 1290. The van der Waals surface area contributed by atoms with E-state index in [1.54, 1.807) is 0 Å². The maximum Gasteiger partial charge on any atom is 0.432 e. The van der Waals surface area contributed by atoms with E-state index in [0.29, 0.717) is 50.2 Å². The number of hydrogen-bond acceptors (Lipinski definition) is 4. The molecule has 0 amide bonds. The molecule has 3 aromatic carbocycles. The summed E-state index contributed by atoms with van der Waals surface area (Å²) in [7, 11) is 0. The van der Waals surface area contributed by atoms with Gasteiger partial charge in [0.15, 0.2) is 6.29 Å². The molecule has 3 aromatic rings. The quantitative estimate of drug-likeness (QED) is 0.172. The van der Waals surface area contributed by atoms with Gasteiger partial charge in [0.1, 0.15) is 41.3 Å². The van der Waals surface area contributed by atoms with Crippen LogP contribution in [-0.2, 0) is 27.0 Å². The molecule has 0 unspecified atom stereocenters. The molecule has 1 fully saturated rings. The van der Waals surface area contributed by atoms with Crippen LogP contribution in [0.3, 0.4) is 0 Å². The molecule has 11 heteroatoms. The third kappa shape index (κ3) is 6.94. The Balaban J connectivity index is 1.47. The standard InChI is InChI=1S/C29H27F7O4/c1-2-3-8-37-14-17-15-38-28(39-16-17)18-5-7-22(24(32)9-18)20-10-25(33)27(26(34)11-20)29(35,36)40-21-6-4-19(13-30)23(31)12-21/h4-7,9-12,17,28H,2-3,8,13-16H2,1H3. The highest BCUT2D eigenvalue weighted by molar-refractivity contribution is 5.65. The van der Waals surface area contributed by atoms with Crippen molar-refractivity contribution in [1.29, 1.82) is 0 Å². The van der Waals surface area contributed by atoms with Gasteiger partial charge in [-0.1, -0.05) is 25.5 Å². The van der Waals surface area contributed by atoms with E-state index in [1.165, 1.54) is 12.1 Å². The zero-order chi connectivity index (χ0) is 28.9. The molecule has 0 bridgehead atoms. The van der Waals surface area contributed by atoms with E-state index in [0.717, 1.165) is 31.0 Å². The van der Waals surface area contributed by atoms with Gasteiger partial charge in [-0.3, -0.25) is 0 Å². The van der Waals surface area contributed by atoms with Crippen LogP contribution < -0.4 is 4.74 Å². The van der Waals surface area contributed by atoms with Crippen LogP contribution in [0.5, 0.6) is 5.75 Å². The van der Waals surface area contributed by atoms with Gasteiger partial charge in [0.2, 0.25) is 0 Å². The number of alkyl halides is 3. The molecular weight excluding hydrogens is 545 g/mol.